The molecule has 16 N–H and O–H groups in total. The molecule has 0 spiro atoms. The Kier molecular flexibility index (Phi) is 24.4. The lowest BCUT2D eigenvalue weighted by molar-refractivity contribution is -0.137. The lowest BCUT2D eigenvalue weighted by atomic mass is 9.90. The topological polar surface area (TPSA) is 370 Å². The van der Waals surface area contributed by atoms with Gasteiger partial charge in [0, 0.05) is 47.3 Å². The van der Waals surface area contributed by atoms with Crippen LogP contribution >= 0.6 is 33.2 Å². The first-order valence-electron chi connectivity index (χ1n) is 25.2. The molecule has 1 fully saturated rings. The number of aliphatic hydroxyl groups excluding tert-OH is 1. The third-order valence-electron chi connectivity index (χ3n) is 12.7. The Labute approximate surface area is 464 Å². The molecule has 78 heavy (non-hydrogen) atoms. The Hall–Kier alpha value is -7.02. The van der Waals surface area contributed by atoms with Crippen molar-refractivity contribution in [3.05, 3.63) is 136 Å². The number of primary amides is 2. The number of carbonyl (C=O) groups excluding carboxylic acids is 9. The second-order valence-corrected chi connectivity index (χ2v) is 21.9. The molecule has 0 saturated carbocycles. The van der Waals surface area contributed by atoms with Gasteiger partial charge in [0.25, 0.3) is 0 Å². The van der Waals surface area contributed by atoms with E-state index in [-0.39, 0.29) is 61.5 Å². The number of amides is 8. The molecule has 24 heteroatoms. The lowest BCUT2D eigenvalue weighted by Crippen LogP contribution is -2.62. The second kappa shape index (κ2) is 30.8. The summed E-state index contributed by atoms with van der Waals surface area (Å²) >= 11 is 6.08. The van der Waals surface area contributed by atoms with E-state index in [9.17, 15) is 53.4 Å². The number of nitrogens with two attached hydrogens (primary N) is 4. The van der Waals surface area contributed by atoms with E-state index in [1.165, 1.54) is 55.5 Å². The van der Waals surface area contributed by atoms with Crippen LogP contribution in [0.1, 0.15) is 65.2 Å². The zero-order valence-electron chi connectivity index (χ0n) is 42.9. The number of benzene rings is 4. The first-order chi connectivity index (χ1) is 37.2. The fraction of sp³-hybridized carbons (Fsp3) is 0.389. The summed E-state index contributed by atoms with van der Waals surface area (Å²) in [5.74, 6) is -8.98. The van der Waals surface area contributed by atoms with Crippen molar-refractivity contribution in [2.45, 2.75) is 107 Å². The zero-order chi connectivity index (χ0) is 56.9. The summed E-state index contributed by atoms with van der Waals surface area (Å²) < 4.78 is 0. The number of aliphatic hydroxyl groups is 1. The molecule has 9 atom stereocenters. The van der Waals surface area contributed by atoms with Crippen LogP contribution in [0.3, 0.4) is 0 Å². The molecule has 0 aromatic heterocycles. The fourth-order valence-corrected chi connectivity index (χ4v) is 10.8. The van der Waals surface area contributed by atoms with Crippen LogP contribution in [0.2, 0.25) is 5.02 Å². The van der Waals surface area contributed by atoms with Crippen LogP contribution in [0.5, 0.6) is 5.75 Å². The van der Waals surface area contributed by atoms with Gasteiger partial charge in [-0.3, -0.25) is 43.2 Å². The molecular weight excluding hydrogens is 1060 g/mol. The SMILES string of the molecule is C[C@@H](O)[C@@H]1NC(=O)[C@H](CCCCN)NC(=O)[C@@H](Cc2ccc(C(N)=O)cc2)NC(=O)[C@H](Cc2ccccc2)CC(=O)[C@H](NC(=O)[C@@H](N)Cc2ccc(Cl)cc2)CSSC[C@@H](C(=O)NC(Cc2ccc(O)cc2)C(N)=O)NC1=O. The molecule has 4 aromatic rings. The molecule has 5 rings (SSSR count). The molecule has 21 nitrogen and oxygen atoms in total. The fourth-order valence-electron chi connectivity index (χ4n) is 8.27. The minimum Gasteiger partial charge on any atom is -0.508 e. The monoisotopic (exact) mass is 1130 g/mol. The third-order valence-corrected chi connectivity index (χ3v) is 15.4. The molecule has 418 valence electrons. The molecule has 0 bridgehead atoms. The molecule has 1 saturated heterocycles. The van der Waals surface area contributed by atoms with Gasteiger partial charge in [0.2, 0.25) is 47.3 Å². The summed E-state index contributed by atoms with van der Waals surface area (Å²) in [6, 6.07) is 17.4. The molecule has 1 aliphatic heterocycles. The summed E-state index contributed by atoms with van der Waals surface area (Å²) in [7, 11) is 2.02. The van der Waals surface area contributed by atoms with Gasteiger partial charge in [-0.25, -0.2) is 0 Å². The van der Waals surface area contributed by atoms with E-state index >= 15 is 0 Å². The van der Waals surface area contributed by atoms with Crippen LogP contribution in [0.4, 0.5) is 0 Å². The number of unbranched alkanes of at least 4 members (excludes halogenated alkanes) is 1. The van der Waals surface area contributed by atoms with Gasteiger partial charge in [0.15, 0.2) is 5.78 Å². The number of phenols is 1. The highest BCUT2D eigenvalue weighted by molar-refractivity contribution is 8.76. The normalized spacial score (nSPS) is 21.3. The number of rotatable bonds is 19. The summed E-state index contributed by atoms with van der Waals surface area (Å²) in [5, 5.41) is 37.2. The van der Waals surface area contributed by atoms with Crippen LogP contribution in [-0.4, -0.2) is 130 Å². The van der Waals surface area contributed by atoms with Crippen LogP contribution in [0, 0.1) is 5.92 Å². The van der Waals surface area contributed by atoms with E-state index in [4.69, 9.17) is 34.5 Å². The van der Waals surface area contributed by atoms with Crippen molar-refractivity contribution in [2.24, 2.45) is 28.9 Å². The van der Waals surface area contributed by atoms with E-state index in [1.54, 1.807) is 54.6 Å². The van der Waals surface area contributed by atoms with Gasteiger partial charge < -0.3 is 65.0 Å². The first kappa shape index (κ1) is 61.8. The minimum atomic E-state index is -1.73. The second-order valence-electron chi connectivity index (χ2n) is 18.9. The molecule has 0 aliphatic carbocycles. The maximum atomic E-state index is 14.8. The molecule has 1 unspecified atom stereocenters. The summed E-state index contributed by atoms with van der Waals surface area (Å²) in [4.78, 5) is 125. The Bertz CT molecular complexity index is 2710. The number of hydrogen-bond acceptors (Lipinski definition) is 15. The Morgan fingerprint density at radius 3 is 1.92 bits per heavy atom. The zero-order valence-corrected chi connectivity index (χ0v) is 45.3. The smallest absolute Gasteiger partial charge is 0.248 e. The van der Waals surface area contributed by atoms with E-state index in [0.29, 0.717) is 40.1 Å². The number of nitrogens with one attached hydrogen (secondary N) is 6. The van der Waals surface area contributed by atoms with Crippen molar-refractivity contribution in [1.29, 1.82) is 0 Å². The predicted octanol–water partition coefficient (Wildman–Crippen LogP) is 0.617. The number of ketones is 1. The van der Waals surface area contributed by atoms with Crippen LogP contribution in [0.15, 0.2) is 103 Å². The van der Waals surface area contributed by atoms with Gasteiger partial charge >= 0.3 is 0 Å². The summed E-state index contributed by atoms with van der Waals surface area (Å²) in [6.07, 6.45) is -1.59. The van der Waals surface area contributed by atoms with Gasteiger partial charge in [0.1, 0.15) is 36.0 Å². The van der Waals surface area contributed by atoms with Crippen LogP contribution in [-0.2, 0) is 64.0 Å². The van der Waals surface area contributed by atoms with Crippen LogP contribution in [0.25, 0.3) is 0 Å². The molecule has 4 aromatic carbocycles. The Balaban J connectivity index is 1.56. The maximum absolute atomic E-state index is 14.8. The highest BCUT2D eigenvalue weighted by Gasteiger charge is 2.36. The molecular formula is C54H67ClN10O11S2. The van der Waals surface area contributed by atoms with Gasteiger partial charge in [0.05, 0.1) is 18.2 Å². The summed E-state index contributed by atoms with van der Waals surface area (Å²) in [5.41, 5.74) is 25.9. The molecule has 1 aliphatic rings. The van der Waals surface area contributed by atoms with Crippen molar-refractivity contribution in [1.82, 2.24) is 31.9 Å². The van der Waals surface area contributed by atoms with Crippen molar-refractivity contribution in [2.75, 3.05) is 18.1 Å². The molecule has 1 heterocycles. The lowest BCUT2D eigenvalue weighted by Gasteiger charge is -2.29. The van der Waals surface area contributed by atoms with Crippen molar-refractivity contribution in [3.8, 4) is 5.75 Å². The number of halogens is 1. The van der Waals surface area contributed by atoms with Crippen LogP contribution < -0.4 is 54.8 Å². The molecule has 8 amide bonds. The quantitative estimate of drug-likeness (QED) is 0.0452. The Morgan fingerprint density at radius 1 is 0.705 bits per heavy atom. The number of aromatic hydroxyl groups is 1. The van der Waals surface area contributed by atoms with E-state index < -0.39 is 114 Å². The predicted molar refractivity (Wildman–Crippen MR) is 297 cm³/mol. The average molecular weight is 1130 g/mol. The largest absolute Gasteiger partial charge is 0.508 e. The molecule has 0 radical (unpaired) electrons. The van der Waals surface area contributed by atoms with Crippen molar-refractivity contribution < 1.29 is 53.4 Å². The van der Waals surface area contributed by atoms with E-state index in [1.807, 2.05) is 0 Å². The van der Waals surface area contributed by atoms with Gasteiger partial charge in [-0.15, -0.1) is 0 Å². The number of carbonyl (C=O) groups is 9. The highest BCUT2D eigenvalue weighted by atomic mass is 35.5. The van der Waals surface area contributed by atoms with E-state index in [0.717, 1.165) is 21.6 Å². The summed E-state index contributed by atoms with van der Waals surface area (Å²) in [6.45, 7) is 1.45. The van der Waals surface area contributed by atoms with Crippen molar-refractivity contribution >= 4 is 86.2 Å². The third kappa shape index (κ3) is 19.8. The first-order valence-corrected chi connectivity index (χ1v) is 28.0. The number of hydrogen-bond donors (Lipinski definition) is 12. The highest BCUT2D eigenvalue weighted by Crippen LogP contribution is 2.26. The maximum Gasteiger partial charge on any atom is 0.248 e. The standard InChI is InChI=1S/C54H67ClN10O11S2/c1-30(66)46-54(76)64-44(53(75)61-41(48(59)70)25-34-14-20-38(67)21-15-34)29-78-77-28-43(63-50(72)39(57)24-32-12-18-37(55)19-13-32)45(68)27-36(23-31-7-3-2-4-8-31)49(71)62-42(26-33-10-16-35(17-11-33)47(58)69)52(74)60-40(51(73)65-46)9-5-6-22-56/h2-4,7-8,10-21,30,36,39-44,46,66-67H,5-6,9,22-29,56-57H2,1H3,(H2,58,69)(H2,59,70)(H,60,74)(H,61,75)(H,62,71)(H,63,72)(H,64,76)(H,65,73)/t30-,36-,39+,40+,41?,42-,43-,44+,46+/m1/s1. The Morgan fingerprint density at radius 2 is 1.29 bits per heavy atom. The average Bonchev–Trinajstić information content (AvgIpc) is 3.41. The van der Waals surface area contributed by atoms with Gasteiger partial charge in [-0.05, 0) is 104 Å². The van der Waals surface area contributed by atoms with Gasteiger partial charge in [-0.1, -0.05) is 99.9 Å². The number of phenolic OH excluding ortho intramolecular Hbond substituents is 1. The van der Waals surface area contributed by atoms with Crippen molar-refractivity contribution in [3.63, 3.8) is 0 Å². The van der Waals surface area contributed by atoms with Gasteiger partial charge in [-0.2, -0.15) is 0 Å². The minimum absolute atomic E-state index is 0.000909. The van der Waals surface area contributed by atoms with E-state index in [2.05, 4.69) is 31.9 Å². The number of Topliss-reactive ketones (excluding diaryl/α,β-unsaturated/α-hetero) is 1.